The third kappa shape index (κ3) is 1.13. The number of imidazole rings is 1. The summed E-state index contributed by atoms with van der Waals surface area (Å²) < 4.78 is 1.85. The standard InChI is InChI=1S/C10H9N3/c1-3-9-6-13-5-8(11)4-7(2)10(13)12-9/h1,4-6H,11H2,2H3. The Morgan fingerprint density at radius 2 is 2.31 bits per heavy atom. The van der Waals surface area contributed by atoms with Gasteiger partial charge in [-0.3, -0.25) is 0 Å². The molecule has 13 heavy (non-hydrogen) atoms. The first kappa shape index (κ1) is 7.69. The summed E-state index contributed by atoms with van der Waals surface area (Å²) in [6.07, 6.45) is 8.84. The monoisotopic (exact) mass is 171 g/mol. The van der Waals surface area contributed by atoms with E-state index < -0.39 is 0 Å². The van der Waals surface area contributed by atoms with Crippen LogP contribution < -0.4 is 5.73 Å². The van der Waals surface area contributed by atoms with Crippen LogP contribution in [0.15, 0.2) is 18.5 Å². The molecule has 3 nitrogen and oxygen atoms in total. The average Bonchev–Trinajstić information content (AvgIpc) is 2.47. The van der Waals surface area contributed by atoms with Gasteiger partial charge in [-0.15, -0.1) is 6.42 Å². The smallest absolute Gasteiger partial charge is 0.141 e. The van der Waals surface area contributed by atoms with Gasteiger partial charge < -0.3 is 10.1 Å². The Morgan fingerprint density at radius 3 is 3.00 bits per heavy atom. The molecule has 0 aliphatic carbocycles. The molecule has 0 atom stereocenters. The van der Waals surface area contributed by atoms with Gasteiger partial charge in [0.1, 0.15) is 11.3 Å². The second-order valence-electron chi connectivity index (χ2n) is 2.96. The highest BCUT2D eigenvalue weighted by molar-refractivity contribution is 5.56. The van der Waals surface area contributed by atoms with Gasteiger partial charge in [0.05, 0.1) is 0 Å². The lowest BCUT2D eigenvalue weighted by molar-refractivity contribution is 1.17. The van der Waals surface area contributed by atoms with E-state index in [0.717, 1.165) is 11.2 Å². The van der Waals surface area contributed by atoms with Crippen LogP contribution >= 0.6 is 0 Å². The molecule has 2 rings (SSSR count). The van der Waals surface area contributed by atoms with Gasteiger partial charge in [0.2, 0.25) is 0 Å². The molecule has 3 heteroatoms. The zero-order valence-corrected chi connectivity index (χ0v) is 7.28. The van der Waals surface area contributed by atoms with Crippen molar-refractivity contribution in [2.24, 2.45) is 0 Å². The lowest BCUT2D eigenvalue weighted by Gasteiger charge is -1.98. The fourth-order valence-electron chi connectivity index (χ4n) is 1.37. The lowest BCUT2D eigenvalue weighted by Crippen LogP contribution is -1.92. The normalized spacial score (nSPS) is 10.2. The summed E-state index contributed by atoms with van der Waals surface area (Å²) in [4.78, 5) is 4.24. The van der Waals surface area contributed by atoms with Gasteiger partial charge in [-0.05, 0) is 24.5 Å². The largest absolute Gasteiger partial charge is 0.398 e. The highest BCUT2D eigenvalue weighted by Gasteiger charge is 2.02. The molecule has 0 bridgehead atoms. The van der Waals surface area contributed by atoms with E-state index in [2.05, 4.69) is 10.9 Å². The van der Waals surface area contributed by atoms with Crippen LogP contribution in [-0.4, -0.2) is 9.38 Å². The summed E-state index contributed by atoms with van der Waals surface area (Å²) in [5.41, 5.74) is 8.91. The minimum absolute atomic E-state index is 0.633. The topological polar surface area (TPSA) is 43.3 Å². The summed E-state index contributed by atoms with van der Waals surface area (Å²) in [7, 11) is 0. The second kappa shape index (κ2) is 2.53. The van der Waals surface area contributed by atoms with Gasteiger partial charge in [0.25, 0.3) is 0 Å². The Labute approximate surface area is 76.2 Å². The number of terminal acetylenes is 1. The maximum absolute atomic E-state index is 5.68. The Hall–Kier alpha value is -1.95. The number of hydrogen-bond donors (Lipinski definition) is 1. The third-order valence-electron chi connectivity index (χ3n) is 1.90. The molecule has 2 heterocycles. The maximum atomic E-state index is 5.68. The molecule has 0 aromatic carbocycles. The van der Waals surface area contributed by atoms with Crippen molar-refractivity contribution in [3.63, 3.8) is 0 Å². The number of fused-ring (bicyclic) bond motifs is 1. The van der Waals surface area contributed by atoms with E-state index in [1.54, 1.807) is 12.4 Å². The van der Waals surface area contributed by atoms with E-state index in [0.29, 0.717) is 11.4 Å². The zero-order chi connectivity index (χ0) is 9.42. The van der Waals surface area contributed by atoms with E-state index >= 15 is 0 Å². The number of aromatic nitrogens is 2. The Kier molecular flexibility index (Phi) is 1.49. The van der Waals surface area contributed by atoms with E-state index in [4.69, 9.17) is 12.2 Å². The molecule has 0 spiro atoms. The molecule has 2 aromatic rings. The predicted molar refractivity (Wildman–Crippen MR) is 52.3 cm³/mol. The van der Waals surface area contributed by atoms with Crippen molar-refractivity contribution in [1.29, 1.82) is 0 Å². The molecular formula is C10H9N3. The van der Waals surface area contributed by atoms with Crippen molar-refractivity contribution in [3.8, 4) is 12.3 Å². The summed E-state index contributed by atoms with van der Waals surface area (Å²) >= 11 is 0. The molecular weight excluding hydrogens is 162 g/mol. The van der Waals surface area contributed by atoms with Crippen LogP contribution in [0.4, 0.5) is 5.69 Å². The Morgan fingerprint density at radius 1 is 1.54 bits per heavy atom. The number of anilines is 1. The fourth-order valence-corrected chi connectivity index (χ4v) is 1.37. The molecule has 0 fully saturated rings. The van der Waals surface area contributed by atoms with E-state index in [1.165, 1.54) is 0 Å². The van der Waals surface area contributed by atoms with E-state index in [1.807, 2.05) is 17.4 Å². The number of nitrogen functional groups attached to an aromatic ring is 1. The molecule has 0 aliphatic heterocycles. The maximum Gasteiger partial charge on any atom is 0.141 e. The molecule has 0 radical (unpaired) electrons. The van der Waals surface area contributed by atoms with Gasteiger partial charge in [-0.2, -0.15) is 0 Å². The van der Waals surface area contributed by atoms with Crippen molar-refractivity contribution < 1.29 is 0 Å². The molecule has 0 saturated heterocycles. The highest BCUT2D eigenvalue weighted by atomic mass is 15.0. The van der Waals surface area contributed by atoms with E-state index in [-0.39, 0.29) is 0 Å². The van der Waals surface area contributed by atoms with Gasteiger partial charge >= 0.3 is 0 Å². The van der Waals surface area contributed by atoms with Crippen LogP contribution in [0.2, 0.25) is 0 Å². The molecule has 2 aromatic heterocycles. The average molecular weight is 171 g/mol. The van der Waals surface area contributed by atoms with Crippen LogP contribution in [0.1, 0.15) is 11.3 Å². The van der Waals surface area contributed by atoms with Crippen molar-refractivity contribution >= 4 is 11.3 Å². The fraction of sp³-hybridized carbons (Fsp3) is 0.100. The molecule has 0 aliphatic rings. The third-order valence-corrected chi connectivity index (χ3v) is 1.90. The number of rotatable bonds is 0. The predicted octanol–water partition coefficient (Wildman–Crippen LogP) is 1.21. The van der Waals surface area contributed by atoms with Gasteiger partial charge in [-0.25, -0.2) is 4.98 Å². The quantitative estimate of drug-likeness (QED) is 0.605. The number of aryl methyl sites for hydroxylation is 1. The summed E-state index contributed by atoms with van der Waals surface area (Å²) in [6.45, 7) is 1.96. The Bertz CT molecular complexity index is 503. The van der Waals surface area contributed by atoms with Gasteiger partial charge in [-0.1, -0.05) is 0 Å². The first-order valence-electron chi connectivity index (χ1n) is 3.92. The van der Waals surface area contributed by atoms with Crippen LogP contribution in [-0.2, 0) is 0 Å². The lowest BCUT2D eigenvalue weighted by atomic mass is 10.3. The second-order valence-corrected chi connectivity index (χ2v) is 2.96. The SMILES string of the molecule is C#Cc1cn2cc(N)cc(C)c2n1. The van der Waals surface area contributed by atoms with Gasteiger partial charge in [0, 0.05) is 18.1 Å². The number of hydrogen-bond acceptors (Lipinski definition) is 2. The summed E-state index contributed by atoms with van der Waals surface area (Å²) in [6, 6.07) is 1.88. The first-order chi connectivity index (χ1) is 6.20. The highest BCUT2D eigenvalue weighted by Crippen LogP contribution is 2.13. The number of nitrogens with zero attached hydrogens (tertiary/aromatic N) is 2. The summed E-state index contributed by atoms with van der Waals surface area (Å²) in [5, 5.41) is 0. The van der Waals surface area contributed by atoms with Crippen molar-refractivity contribution in [3.05, 3.63) is 29.7 Å². The van der Waals surface area contributed by atoms with Crippen molar-refractivity contribution in [2.75, 3.05) is 5.73 Å². The number of pyridine rings is 1. The molecule has 0 unspecified atom stereocenters. The van der Waals surface area contributed by atoms with Crippen LogP contribution in [0, 0.1) is 19.3 Å². The molecule has 0 amide bonds. The van der Waals surface area contributed by atoms with Crippen LogP contribution in [0.3, 0.4) is 0 Å². The molecule has 64 valence electrons. The Balaban J connectivity index is 2.84. The van der Waals surface area contributed by atoms with Crippen molar-refractivity contribution in [1.82, 2.24) is 9.38 Å². The zero-order valence-electron chi connectivity index (χ0n) is 7.28. The number of nitrogens with two attached hydrogens (primary N) is 1. The molecule has 0 saturated carbocycles. The van der Waals surface area contributed by atoms with E-state index in [9.17, 15) is 0 Å². The first-order valence-corrected chi connectivity index (χ1v) is 3.92. The minimum atomic E-state index is 0.633. The van der Waals surface area contributed by atoms with Crippen molar-refractivity contribution in [2.45, 2.75) is 6.92 Å². The van der Waals surface area contributed by atoms with Crippen LogP contribution in [0.5, 0.6) is 0 Å². The van der Waals surface area contributed by atoms with Crippen LogP contribution in [0.25, 0.3) is 5.65 Å². The molecule has 2 N–H and O–H groups in total. The van der Waals surface area contributed by atoms with Gasteiger partial charge in [0.15, 0.2) is 0 Å². The summed E-state index contributed by atoms with van der Waals surface area (Å²) in [5.74, 6) is 2.49. The minimum Gasteiger partial charge on any atom is -0.398 e.